The van der Waals surface area contributed by atoms with E-state index in [9.17, 15) is 0 Å². The van der Waals surface area contributed by atoms with Gasteiger partial charge in [-0.1, -0.05) is 0 Å². The SMILES string of the molecule is CN(C)CCOCCNc1ccc(N)c(C#N)c1. The lowest BCUT2D eigenvalue weighted by Crippen LogP contribution is -2.20. The minimum atomic E-state index is 0.494. The predicted molar refractivity (Wildman–Crippen MR) is 73.4 cm³/mol. The van der Waals surface area contributed by atoms with Crippen molar-refractivity contribution in [3.8, 4) is 6.07 Å². The van der Waals surface area contributed by atoms with Crippen molar-refractivity contribution in [3.63, 3.8) is 0 Å². The first-order chi connectivity index (χ1) is 8.63. The molecule has 0 fully saturated rings. The van der Waals surface area contributed by atoms with Crippen molar-refractivity contribution < 1.29 is 4.74 Å². The number of nitrogen functional groups attached to an aromatic ring is 1. The van der Waals surface area contributed by atoms with Gasteiger partial charge in [-0.3, -0.25) is 0 Å². The zero-order chi connectivity index (χ0) is 13.4. The normalized spacial score (nSPS) is 10.3. The molecule has 5 heteroatoms. The molecule has 0 spiro atoms. The quantitative estimate of drug-likeness (QED) is 0.559. The summed E-state index contributed by atoms with van der Waals surface area (Å²) < 4.78 is 5.45. The molecule has 0 radical (unpaired) electrons. The van der Waals surface area contributed by atoms with Crippen molar-refractivity contribution >= 4 is 11.4 Å². The fourth-order valence-corrected chi connectivity index (χ4v) is 1.38. The van der Waals surface area contributed by atoms with E-state index >= 15 is 0 Å². The molecule has 0 bridgehead atoms. The van der Waals surface area contributed by atoms with Crippen LogP contribution in [-0.2, 0) is 4.74 Å². The molecule has 0 aliphatic carbocycles. The third-order valence-electron chi connectivity index (χ3n) is 2.43. The highest BCUT2D eigenvalue weighted by molar-refractivity contribution is 5.61. The second-order valence-corrected chi connectivity index (χ2v) is 4.26. The number of nitriles is 1. The first-order valence-electron chi connectivity index (χ1n) is 5.89. The Hall–Kier alpha value is -1.77. The van der Waals surface area contributed by atoms with Gasteiger partial charge >= 0.3 is 0 Å². The second kappa shape index (κ2) is 7.54. The minimum Gasteiger partial charge on any atom is -0.398 e. The molecule has 0 aliphatic rings. The third kappa shape index (κ3) is 5.04. The van der Waals surface area contributed by atoms with Crippen LogP contribution in [0.3, 0.4) is 0 Å². The van der Waals surface area contributed by atoms with E-state index in [2.05, 4.69) is 16.3 Å². The molecule has 0 saturated carbocycles. The monoisotopic (exact) mass is 248 g/mol. The lowest BCUT2D eigenvalue weighted by atomic mass is 10.2. The van der Waals surface area contributed by atoms with E-state index in [0.29, 0.717) is 24.4 Å². The minimum absolute atomic E-state index is 0.494. The van der Waals surface area contributed by atoms with Gasteiger partial charge in [-0.15, -0.1) is 0 Å². The summed E-state index contributed by atoms with van der Waals surface area (Å²) >= 11 is 0. The molecule has 0 aliphatic heterocycles. The van der Waals surface area contributed by atoms with Crippen molar-refractivity contribution in [2.45, 2.75) is 0 Å². The van der Waals surface area contributed by atoms with Crippen molar-refractivity contribution in [3.05, 3.63) is 23.8 Å². The number of nitrogens with zero attached hydrogens (tertiary/aromatic N) is 2. The lowest BCUT2D eigenvalue weighted by Gasteiger charge is -2.11. The summed E-state index contributed by atoms with van der Waals surface area (Å²) in [7, 11) is 4.03. The Labute approximate surface area is 108 Å². The summed E-state index contributed by atoms with van der Waals surface area (Å²) in [5.41, 5.74) is 7.53. The standard InChI is InChI=1S/C13H20N4O/c1-17(2)6-8-18-7-5-16-12-3-4-13(15)11(9-12)10-14/h3-4,9,16H,5-8,15H2,1-2H3. The Morgan fingerprint density at radius 2 is 2.17 bits per heavy atom. The average Bonchev–Trinajstić information content (AvgIpc) is 2.35. The molecule has 98 valence electrons. The molecule has 5 nitrogen and oxygen atoms in total. The average molecular weight is 248 g/mol. The number of nitrogens with two attached hydrogens (primary N) is 1. The van der Waals surface area contributed by atoms with Crippen LogP contribution >= 0.6 is 0 Å². The van der Waals surface area contributed by atoms with Gasteiger partial charge in [0.15, 0.2) is 0 Å². The van der Waals surface area contributed by atoms with Crippen LogP contribution in [-0.4, -0.2) is 45.3 Å². The van der Waals surface area contributed by atoms with Gasteiger partial charge in [0.25, 0.3) is 0 Å². The Balaban J connectivity index is 2.26. The molecule has 1 aromatic carbocycles. The number of nitrogens with one attached hydrogen (secondary N) is 1. The summed E-state index contributed by atoms with van der Waals surface area (Å²) in [5.74, 6) is 0. The number of likely N-dealkylation sites (N-methyl/N-ethyl adjacent to an activating group) is 1. The van der Waals surface area contributed by atoms with E-state index in [0.717, 1.165) is 18.8 Å². The van der Waals surface area contributed by atoms with Crippen LogP contribution < -0.4 is 11.1 Å². The Morgan fingerprint density at radius 3 is 2.83 bits per heavy atom. The maximum Gasteiger partial charge on any atom is 0.101 e. The Kier molecular flexibility index (Phi) is 5.98. The highest BCUT2D eigenvalue weighted by Crippen LogP contribution is 2.16. The van der Waals surface area contributed by atoms with Gasteiger partial charge < -0.3 is 20.7 Å². The molecule has 0 heterocycles. The molecule has 3 N–H and O–H groups in total. The second-order valence-electron chi connectivity index (χ2n) is 4.26. The van der Waals surface area contributed by atoms with E-state index in [-0.39, 0.29) is 0 Å². The summed E-state index contributed by atoms with van der Waals surface area (Å²) in [5, 5.41) is 12.0. The van der Waals surface area contributed by atoms with Gasteiger partial charge in [0, 0.05) is 24.5 Å². The van der Waals surface area contributed by atoms with Gasteiger partial charge in [0.2, 0.25) is 0 Å². The topological polar surface area (TPSA) is 74.3 Å². The van der Waals surface area contributed by atoms with Crippen molar-refractivity contribution in [2.24, 2.45) is 0 Å². The summed E-state index contributed by atoms with van der Waals surface area (Å²) in [4.78, 5) is 2.08. The van der Waals surface area contributed by atoms with Gasteiger partial charge in [0.05, 0.1) is 18.8 Å². The molecule has 0 amide bonds. The molecular formula is C13H20N4O. The smallest absolute Gasteiger partial charge is 0.101 e. The predicted octanol–water partition coefficient (Wildman–Crippen LogP) is 1.13. The van der Waals surface area contributed by atoms with Crippen LogP contribution in [0.25, 0.3) is 0 Å². The number of anilines is 2. The van der Waals surface area contributed by atoms with Crippen molar-refractivity contribution in [1.82, 2.24) is 4.90 Å². The van der Waals surface area contributed by atoms with Crippen molar-refractivity contribution in [1.29, 1.82) is 5.26 Å². The first-order valence-corrected chi connectivity index (χ1v) is 5.89. The highest BCUT2D eigenvalue weighted by Gasteiger charge is 1.99. The third-order valence-corrected chi connectivity index (χ3v) is 2.43. The number of benzene rings is 1. The van der Waals surface area contributed by atoms with Crippen LogP contribution in [0, 0.1) is 11.3 Å². The number of hydrogen-bond donors (Lipinski definition) is 2. The van der Waals surface area contributed by atoms with Gasteiger partial charge in [0.1, 0.15) is 6.07 Å². The summed E-state index contributed by atoms with van der Waals surface area (Å²) in [6, 6.07) is 7.39. The van der Waals surface area contributed by atoms with E-state index < -0.39 is 0 Å². The maximum atomic E-state index is 8.85. The fraction of sp³-hybridized carbons (Fsp3) is 0.462. The largest absolute Gasteiger partial charge is 0.398 e. The number of ether oxygens (including phenoxy) is 1. The van der Waals surface area contributed by atoms with Crippen LogP contribution in [0.1, 0.15) is 5.56 Å². The van der Waals surface area contributed by atoms with Crippen LogP contribution in [0.2, 0.25) is 0 Å². The van der Waals surface area contributed by atoms with Gasteiger partial charge in [-0.2, -0.15) is 5.26 Å². The molecule has 0 atom stereocenters. The molecule has 1 rings (SSSR count). The van der Waals surface area contributed by atoms with Gasteiger partial charge in [-0.25, -0.2) is 0 Å². The van der Waals surface area contributed by atoms with Crippen LogP contribution in [0.5, 0.6) is 0 Å². The Morgan fingerprint density at radius 1 is 1.39 bits per heavy atom. The van der Waals surface area contributed by atoms with Crippen molar-refractivity contribution in [2.75, 3.05) is 51.4 Å². The zero-order valence-electron chi connectivity index (χ0n) is 10.9. The van der Waals surface area contributed by atoms with E-state index in [1.165, 1.54) is 0 Å². The fourth-order valence-electron chi connectivity index (χ4n) is 1.38. The van der Waals surface area contributed by atoms with Gasteiger partial charge in [-0.05, 0) is 32.3 Å². The van der Waals surface area contributed by atoms with Crippen LogP contribution in [0.4, 0.5) is 11.4 Å². The molecule has 0 unspecified atom stereocenters. The summed E-state index contributed by atoms with van der Waals surface area (Å²) in [6.07, 6.45) is 0. The number of rotatable bonds is 7. The molecular weight excluding hydrogens is 228 g/mol. The van der Waals surface area contributed by atoms with E-state index in [1.54, 1.807) is 12.1 Å². The molecule has 18 heavy (non-hydrogen) atoms. The van der Waals surface area contributed by atoms with Crippen LogP contribution in [0.15, 0.2) is 18.2 Å². The molecule has 1 aromatic rings. The summed E-state index contributed by atoms with van der Waals surface area (Å²) in [6.45, 7) is 2.99. The first kappa shape index (κ1) is 14.3. The molecule has 0 saturated heterocycles. The Bertz CT molecular complexity index is 412. The van der Waals surface area contributed by atoms with E-state index in [1.807, 2.05) is 20.2 Å². The zero-order valence-corrected chi connectivity index (χ0v) is 10.9. The maximum absolute atomic E-state index is 8.85. The lowest BCUT2D eigenvalue weighted by molar-refractivity contribution is 0.126. The van der Waals surface area contributed by atoms with E-state index in [4.69, 9.17) is 15.7 Å². The highest BCUT2D eigenvalue weighted by atomic mass is 16.5. The molecule has 0 aromatic heterocycles. The number of hydrogen-bond acceptors (Lipinski definition) is 5.